The number of benzene rings is 3. The second-order valence-electron chi connectivity index (χ2n) is 19.6. The Labute approximate surface area is 414 Å². The van der Waals surface area contributed by atoms with Crippen LogP contribution in [0.1, 0.15) is 112 Å². The number of aromatic nitrogens is 5. The van der Waals surface area contributed by atoms with Crippen molar-refractivity contribution in [2.45, 2.75) is 88.7 Å². The van der Waals surface area contributed by atoms with E-state index in [1.54, 1.807) is 45.9 Å². The molecule has 3 saturated heterocycles. The third kappa shape index (κ3) is 9.78. The van der Waals surface area contributed by atoms with Crippen molar-refractivity contribution in [3.63, 3.8) is 0 Å². The quantitative estimate of drug-likeness (QED) is 0.131. The van der Waals surface area contributed by atoms with E-state index in [2.05, 4.69) is 31.4 Å². The van der Waals surface area contributed by atoms with Gasteiger partial charge in [-0.05, 0) is 109 Å². The number of alkyl halides is 3. The third-order valence-electron chi connectivity index (χ3n) is 15.0. The van der Waals surface area contributed by atoms with E-state index in [1.165, 1.54) is 22.5 Å². The maximum atomic E-state index is 14.6. The van der Waals surface area contributed by atoms with Gasteiger partial charge in [0.1, 0.15) is 18.2 Å². The second-order valence-corrected chi connectivity index (χ2v) is 19.6. The number of hydrogen-bond acceptors (Lipinski definition) is 10. The van der Waals surface area contributed by atoms with Crippen LogP contribution in [0.15, 0.2) is 96.3 Å². The summed E-state index contributed by atoms with van der Waals surface area (Å²) in [5.74, 6) is -0.142. The number of piperidine rings is 3. The highest BCUT2D eigenvalue weighted by atomic mass is 19.4. The summed E-state index contributed by atoms with van der Waals surface area (Å²) in [5.41, 5.74) is 4.29. The molecule has 4 aliphatic heterocycles. The number of amides is 4. The molecule has 1 unspecified atom stereocenters. The molecule has 72 heavy (non-hydrogen) atoms. The van der Waals surface area contributed by atoms with Crippen molar-refractivity contribution < 1.29 is 37.1 Å². The molecule has 3 aromatic heterocycles. The Bertz CT molecular complexity index is 3090. The molecule has 7 heterocycles. The molecule has 0 radical (unpaired) electrons. The lowest BCUT2D eigenvalue weighted by Gasteiger charge is -2.34. The van der Waals surface area contributed by atoms with E-state index in [9.17, 15) is 37.1 Å². The summed E-state index contributed by atoms with van der Waals surface area (Å²) in [5, 5.41) is 10.5. The van der Waals surface area contributed by atoms with E-state index >= 15 is 0 Å². The lowest BCUT2D eigenvalue weighted by atomic mass is 9.87. The number of ether oxygens (including phenoxy) is 1. The minimum Gasteiger partial charge on any atom is -0.376 e. The number of imidazole rings is 1. The molecular weight excluding hydrogens is 930 g/mol. The van der Waals surface area contributed by atoms with E-state index in [-0.39, 0.29) is 48.2 Å². The fourth-order valence-electron chi connectivity index (χ4n) is 10.8. The molecule has 0 spiro atoms. The fraction of sp³-hybridized carbons (Fsp3) is 0.415. The van der Waals surface area contributed by atoms with Gasteiger partial charge in [0.05, 0.1) is 29.5 Å². The number of nitrogens with zero attached hydrogens (tertiary/aromatic N) is 9. The monoisotopic (exact) mass is 986 g/mol. The van der Waals surface area contributed by atoms with Crippen LogP contribution in [-0.2, 0) is 40.6 Å². The average Bonchev–Trinajstić information content (AvgIpc) is 4.07. The Kier molecular flexibility index (Phi) is 13.4. The van der Waals surface area contributed by atoms with Gasteiger partial charge in [0.25, 0.3) is 11.8 Å². The summed E-state index contributed by atoms with van der Waals surface area (Å²) in [6.45, 7) is 6.13. The van der Waals surface area contributed by atoms with Crippen LogP contribution >= 0.6 is 0 Å². The van der Waals surface area contributed by atoms with Crippen LogP contribution in [-0.4, -0.2) is 121 Å². The van der Waals surface area contributed by atoms with Crippen LogP contribution in [0, 0.1) is 0 Å². The molecule has 3 fully saturated rings. The third-order valence-corrected chi connectivity index (χ3v) is 15.0. The summed E-state index contributed by atoms with van der Waals surface area (Å²) in [7, 11) is 3.58. The summed E-state index contributed by atoms with van der Waals surface area (Å²) in [6, 6.07) is 21.3. The van der Waals surface area contributed by atoms with E-state index in [0.717, 1.165) is 53.2 Å². The fourth-order valence-corrected chi connectivity index (χ4v) is 10.8. The van der Waals surface area contributed by atoms with Crippen LogP contribution < -0.4 is 15.9 Å². The van der Waals surface area contributed by atoms with E-state index in [1.807, 2.05) is 56.4 Å². The summed E-state index contributed by atoms with van der Waals surface area (Å²) in [4.78, 5) is 72.1. The molecule has 2 atom stereocenters. The van der Waals surface area contributed by atoms with E-state index in [4.69, 9.17) is 4.74 Å². The normalized spacial score (nSPS) is 18.8. The number of aryl methyl sites for hydroxylation is 1. The van der Waals surface area contributed by atoms with E-state index < -0.39 is 29.4 Å². The first-order valence-electron chi connectivity index (χ1n) is 24.6. The van der Waals surface area contributed by atoms with Crippen molar-refractivity contribution in [1.29, 1.82) is 0 Å². The first-order valence-corrected chi connectivity index (χ1v) is 24.6. The SMILES string of the molecule is C[C@H](c1cccc(-n2cc3c(C(F)(F)F)cc(CN4CCC(OCCN(C)C(=O)c5ccc(N6CCC(c7ccc8c(c7)CN(C7CCC(=O)NC7=O)C8=O)CC6)cc5)CC4)cn3c2=O)c1)c1nncn1C. The number of likely N-dealkylation sites (tertiary alicyclic amines) is 1. The van der Waals surface area contributed by atoms with Crippen molar-refractivity contribution >= 4 is 34.8 Å². The zero-order valence-electron chi connectivity index (χ0n) is 40.5. The molecular formula is C53H57F3N10O6. The second kappa shape index (κ2) is 19.8. The number of carbonyl (C=O) groups excluding carboxylic acids is 4. The maximum Gasteiger partial charge on any atom is 0.418 e. The Morgan fingerprint density at radius 2 is 1.67 bits per heavy atom. The number of fused-ring (bicyclic) bond motifs is 2. The van der Waals surface area contributed by atoms with Gasteiger partial charge in [-0.2, -0.15) is 13.2 Å². The minimum absolute atomic E-state index is 0.0626. The molecule has 4 amide bonds. The number of rotatable bonds is 13. The number of carbonyl (C=O) groups is 4. The van der Waals surface area contributed by atoms with Crippen molar-refractivity contribution in [1.82, 2.24) is 43.7 Å². The highest BCUT2D eigenvalue weighted by Gasteiger charge is 2.40. The maximum absolute atomic E-state index is 14.6. The van der Waals surface area contributed by atoms with Gasteiger partial charge in [0, 0.05) is 101 Å². The van der Waals surface area contributed by atoms with Crippen LogP contribution in [0.2, 0.25) is 0 Å². The lowest BCUT2D eigenvalue weighted by molar-refractivity contribution is -0.137. The summed E-state index contributed by atoms with van der Waals surface area (Å²) >= 11 is 0. The topological polar surface area (TPSA) is 160 Å². The Morgan fingerprint density at radius 1 is 0.903 bits per heavy atom. The number of anilines is 1. The predicted octanol–water partition coefficient (Wildman–Crippen LogP) is 6.29. The number of nitrogens with one attached hydrogen (secondary N) is 1. The van der Waals surface area contributed by atoms with Gasteiger partial charge in [-0.1, -0.05) is 31.2 Å². The van der Waals surface area contributed by atoms with Gasteiger partial charge in [-0.25, -0.2) is 4.79 Å². The minimum atomic E-state index is -4.69. The van der Waals surface area contributed by atoms with Gasteiger partial charge < -0.3 is 24.0 Å². The Morgan fingerprint density at radius 3 is 2.38 bits per heavy atom. The summed E-state index contributed by atoms with van der Waals surface area (Å²) < 4.78 is 54.1. The molecule has 6 aromatic rings. The molecule has 19 heteroatoms. The summed E-state index contributed by atoms with van der Waals surface area (Å²) in [6.07, 6.45) is 3.35. The first kappa shape index (κ1) is 48.5. The molecule has 0 saturated carbocycles. The van der Waals surface area contributed by atoms with Crippen LogP contribution in [0.4, 0.5) is 18.9 Å². The lowest BCUT2D eigenvalue weighted by Crippen LogP contribution is -2.52. The van der Waals surface area contributed by atoms with Crippen LogP contribution in [0.3, 0.4) is 0 Å². The molecule has 0 bridgehead atoms. The van der Waals surface area contributed by atoms with Gasteiger partial charge in [0.15, 0.2) is 0 Å². The van der Waals surface area contributed by atoms with Gasteiger partial charge in [-0.15, -0.1) is 10.2 Å². The largest absolute Gasteiger partial charge is 0.418 e. The first-order chi connectivity index (χ1) is 34.6. The number of likely N-dealkylation sites (N-methyl/N-ethyl adjacent to an activating group) is 1. The zero-order chi connectivity index (χ0) is 50.4. The van der Waals surface area contributed by atoms with Crippen LogP contribution in [0.25, 0.3) is 11.2 Å². The number of hydrogen-bond donors (Lipinski definition) is 1. The van der Waals surface area contributed by atoms with E-state index in [0.29, 0.717) is 86.2 Å². The molecule has 376 valence electrons. The smallest absolute Gasteiger partial charge is 0.376 e. The van der Waals surface area contributed by atoms with Gasteiger partial charge >= 0.3 is 11.9 Å². The molecule has 10 rings (SSSR count). The highest BCUT2D eigenvalue weighted by Crippen LogP contribution is 2.36. The average molecular weight is 987 g/mol. The number of imide groups is 1. The van der Waals surface area contributed by atoms with Gasteiger partial charge in [-0.3, -0.25) is 38.4 Å². The Hall–Kier alpha value is -7.12. The predicted molar refractivity (Wildman–Crippen MR) is 261 cm³/mol. The molecule has 4 aliphatic rings. The number of pyridine rings is 1. The molecule has 1 N–H and O–H groups in total. The molecule has 0 aliphatic carbocycles. The van der Waals surface area contributed by atoms with Gasteiger partial charge in [0.2, 0.25) is 11.8 Å². The Balaban J connectivity index is 0.683. The molecule has 16 nitrogen and oxygen atoms in total. The molecule has 3 aromatic carbocycles. The van der Waals surface area contributed by atoms with Crippen LogP contribution in [0.5, 0.6) is 0 Å². The number of halogens is 3. The van der Waals surface area contributed by atoms with Crippen molar-refractivity contribution in [3.05, 3.63) is 147 Å². The zero-order valence-corrected chi connectivity index (χ0v) is 40.5. The van der Waals surface area contributed by atoms with Crippen molar-refractivity contribution in [2.75, 3.05) is 51.3 Å². The van der Waals surface area contributed by atoms with Crippen molar-refractivity contribution in [3.8, 4) is 5.69 Å². The standard InChI is InChI=1S/C53H57F3N10O6/c1-33(48-59-57-32-61(48)3)37-5-4-6-41(27-37)64-31-46-44(53(54,55)56)25-34(29-66(46)52(64)71)28-62-19-17-42(18-20-62)72-24-23-60(2)50(69)36-7-10-40(11-8-36)63-21-15-35(16-22-63)38-9-12-43-39(26-38)30-65(51(43)70)45-13-14-47(67)58-49(45)68/h4-12,25-27,29,31-33,35,42,45H,13-24,28,30H2,1-3H3,(H,58,67,68)/t33-,45?/m1/s1. The highest BCUT2D eigenvalue weighted by molar-refractivity contribution is 6.05. The van der Waals surface area contributed by atoms with Crippen molar-refractivity contribution in [2.24, 2.45) is 7.05 Å².